The Morgan fingerprint density at radius 2 is 1.24 bits per heavy atom. The molecule has 17 heteroatoms. The molecule has 0 saturated carbocycles. The average molecular weight is 560 g/mol. The quantitative estimate of drug-likeness (QED) is 0.126. The molecule has 17 nitrogen and oxygen atoms in total. The first-order valence-electron chi connectivity index (χ1n) is 12.0. The fourth-order valence-electron chi connectivity index (χ4n) is 4.54. The zero-order chi connectivity index (χ0) is 28.3. The van der Waals surface area contributed by atoms with Crippen LogP contribution in [0.15, 0.2) is 0 Å². The lowest BCUT2D eigenvalue weighted by atomic mass is 9.95. The van der Waals surface area contributed by atoms with Crippen LogP contribution >= 0.6 is 0 Å². The summed E-state index contributed by atoms with van der Waals surface area (Å²) in [5.74, 6) is -0.529. The van der Waals surface area contributed by atoms with Gasteiger partial charge in [0.15, 0.2) is 18.9 Å². The van der Waals surface area contributed by atoms with Crippen molar-refractivity contribution < 1.29 is 79.2 Å². The second-order valence-electron chi connectivity index (χ2n) is 9.32. The van der Waals surface area contributed by atoms with Crippen LogP contribution in [0.5, 0.6) is 0 Å². The number of carbonyl (C=O) groups is 1. The lowest BCUT2D eigenvalue weighted by Gasteiger charge is -2.47. The summed E-state index contributed by atoms with van der Waals surface area (Å²) in [6.07, 6.45) is -21.8. The van der Waals surface area contributed by atoms with E-state index in [4.69, 9.17) is 28.4 Å². The van der Waals surface area contributed by atoms with E-state index in [1.807, 2.05) is 0 Å². The van der Waals surface area contributed by atoms with Crippen molar-refractivity contribution in [1.82, 2.24) is 5.32 Å². The van der Waals surface area contributed by atoms with E-state index in [1.54, 1.807) is 0 Å². The minimum atomic E-state index is -1.85. The van der Waals surface area contributed by atoms with Gasteiger partial charge in [0.25, 0.3) is 0 Å². The Bertz CT molecular complexity index is 761. The van der Waals surface area contributed by atoms with Crippen LogP contribution in [0.25, 0.3) is 0 Å². The van der Waals surface area contributed by atoms with Crippen molar-refractivity contribution in [3.63, 3.8) is 0 Å². The van der Waals surface area contributed by atoms with E-state index in [0.29, 0.717) is 0 Å². The molecule has 3 heterocycles. The number of nitrogens with one attached hydrogen (secondary N) is 1. The Labute approximate surface area is 217 Å². The Morgan fingerprint density at radius 1 is 0.711 bits per heavy atom. The molecular formula is C21H37NO16. The van der Waals surface area contributed by atoms with E-state index in [2.05, 4.69) is 5.32 Å². The Kier molecular flexibility index (Phi) is 11.1. The van der Waals surface area contributed by atoms with Crippen molar-refractivity contribution in [3.8, 4) is 0 Å². The first-order valence-corrected chi connectivity index (χ1v) is 12.0. The van der Waals surface area contributed by atoms with Crippen molar-refractivity contribution >= 4 is 5.91 Å². The van der Waals surface area contributed by atoms with Crippen molar-refractivity contribution in [2.45, 2.75) is 99.0 Å². The SMILES string of the molecule is CO[C@@H]1O[C@H](CO)[C@@H](O[C@@H]2O[C@H](CO[C@H]3O[C@H](CO)[C@@H](O)[C@H](O)[C@@H]3O)[C@@H](O)[C@H](O)[C@@H]2O)[C@H](O)[C@H]1NC(C)=O. The van der Waals surface area contributed by atoms with Gasteiger partial charge >= 0.3 is 0 Å². The van der Waals surface area contributed by atoms with Crippen LogP contribution in [-0.4, -0.2) is 171 Å². The lowest BCUT2D eigenvalue weighted by Crippen LogP contribution is -2.67. The minimum Gasteiger partial charge on any atom is -0.394 e. The number of hydrogen-bond acceptors (Lipinski definition) is 16. The maximum Gasteiger partial charge on any atom is 0.217 e. The van der Waals surface area contributed by atoms with E-state index >= 15 is 0 Å². The number of aliphatic hydroxyl groups is 9. The summed E-state index contributed by atoms with van der Waals surface area (Å²) in [5, 5.41) is 93.6. The minimum absolute atomic E-state index is 0.529. The largest absolute Gasteiger partial charge is 0.394 e. The monoisotopic (exact) mass is 559 g/mol. The summed E-state index contributed by atoms with van der Waals surface area (Å²) in [7, 11) is 1.26. The third-order valence-corrected chi connectivity index (χ3v) is 6.69. The highest BCUT2D eigenvalue weighted by molar-refractivity contribution is 5.73. The maximum atomic E-state index is 11.6. The van der Waals surface area contributed by atoms with Crippen molar-refractivity contribution in [2.75, 3.05) is 26.9 Å². The van der Waals surface area contributed by atoms with E-state index in [1.165, 1.54) is 14.0 Å². The third kappa shape index (κ3) is 6.60. The van der Waals surface area contributed by atoms with Crippen LogP contribution in [0, 0.1) is 0 Å². The molecule has 38 heavy (non-hydrogen) atoms. The van der Waals surface area contributed by atoms with Gasteiger partial charge in [-0.1, -0.05) is 0 Å². The second-order valence-corrected chi connectivity index (χ2v) is 9.32. The topological polar surface area (TPSA) is 267 Å². The number of methoxy groups -OCH3 is 1. The van der Waals surface area contributed by atoms with Gasteiger partial charge in [-0.15, -0.1) is 0 Å². The summed E-state index contributed by atoms with van der Waals surface area (Å²) >= 11 is 0. The van der Waals surface area contributed by atoms with Crippen LogP contribution in [0.3, 0.4) is 0 Å². The standard InChI is InChI=1S/C21H37NO16/c1-6(25)22-10-13(28)18(8(4-24)36-19(10)33-2)38-21-17(32)15(30)12(27)9(37-21)5-34-20-16(31)14(29)11(26)7(3-23)35-20/h7-21,23-24,26-32H,3-5H2,1-2H3,(H,22,25)/t7-,8-,9-,10-,11-,12-,13-,14+,15+,16+,17+,18-,19-,20+,21+/m1/s1. The van der Waals surface area contributed by atoms with Crippen molar-refractivity contribution in [2.24, 2.45) is 0 Å². The molecule has 3 fully saturated rings. The summed E-state index contributed by atoms with van der Waals surface area (Å²) in [6, 6.07) is -1.15. The van der Waals surface area contributed by atoms with Crippen LogP contribution in [0.1, 0.15) is 6.92 Å². The predicted molar refractivity (Wildman–Crippen MR) is 118 cm³/mol. The number of ether oxygens (including phenoxy) is 6. The van der Waals surface area contributed by atoms with Gasteiger partial charge in [-0.3, -0.25) is 4.79 Å². The maximum absolute atomic E-state index is 11.6. The number of carbonyl (C=O) groups excluding carboxylic acids is 1. The summed E-state index contributed by atoms with van der Waals surface area (Å²) in [4.78, 5) is 11.6. The molecule has 1 amide bonds. The summed E-state index contributed by atoms with van der Waals surface area (Å²) in [5.41, 5.74) is 0. The molecular weight excluding hydrogens is 522 g/mol. The molecule has 0 bridgehead atoms. The molecule has 0 spiro atoms. The molecule has 0 aliphatic carbocycles. The van der Waals surface area contributed by atoms with Crippen molar-refractivity contribution in [3.05, 3.63) is 0 Å². The van der Waals surface area contributed by atoms with E-state index in [0.717, 1.165) is 0 Å². The van der Waals surface area contributed by atoms with E-state index < -0.39 is 118 Å². The van der Waals surface area contributed by atoms with Gasteiger partial charge in [-0.05, 0) is 0 Å². The molecule has 0 aromatic heterocycles. The van der Waals surface area contributed by atoms with Crippen LogP contribution in [0.4, 0.5) is 0 Å². The molecule has 0 aromatic carbocycles. The fourth-order valence-corrected chi connectivity index (χ4v) is 4.54. The van der Waals surface area contributed by atoms with Gasteiger partial charge < -0.3 is 79.7 Å². The fraction of sp³-hybridized carbons (Fsp3) is 0.952. The Balaban J connectivity index is 1.71. The first kappa shape index (κ1) is 31.4. The van der Waals surface area contributed by atoms with Gasteiger partial charge in [-0.25, -0.2) is 0 Å². The highest BCUT2D eigenvalue weighted by Gasteiger charge is 2.52. The van der Waals surface area contributed by atoms with E-state index in [-0.39, 0.29) is 0 Å². The van der Waals surface area contributed by atoms with Gasteiger partial charge in [0.2, 0.25) is 5.91 Å². The van der Waals surface area contributed by atoms with Crippen LogP contribution in [0.2, 0.25) is 0 Å². The normalized spacial score (nSPS) is 48.0. The molecule has 15 atom stereocenters. The van der Waals surface area contributed by atoms with Crippen LogP contribution in [-0.2, 0) is 33.2 Å². The van der Waals surface area contributed by atoms with Gasteiger partial charge in [0.05, 0.1) is 19.8 Å². The predicted octanol–water partition coefficient (Wildman–Crippen LogP) is -6.78. The average Bonchev–Trinajstić information content (AvgIpc) is 2.89. The highest BCUT2D eigenvalue weighted by Crippen LogP contribution is 2.30. The van der Waals surface area contributed by atoms with Gasteiger partial charge in [0.1, 0.15) is 73.2 Å². The smallest absolute Gasteiger partial charge is 0.217 e. The second kappa shape index (κ2) is 13.5. The molecule has 3 aliphatic heterocycles. The molecule has 222 valence electrons. The number of hydrogen-bond donors (Lipinski definition) is 10. The third-order valence-electron chi connectivity index (χ3n) is 6.69. The molecule has 3 aliphatic rings. The molecule has 3 rings (SSSR count). The Hall–Kier alpha value is -1.13. The molecule has 0 unspecified atom stereocenters. The molecule has 3 saturated heterocycles. The Morgan fingerprint density at radius 3 is 1.79 bits per heavy atom. The number of rotatable bonds is 9. The summed E-state index contributed by atoms with van der Waals surface area (Å²) in [6.45, 7) is -0.776. The molecule has 0 radical (unpaired) electrons. The number of amides is 1. The van der Waals surface area contributed by atoms with Gasteiger partial charge in [-0.2, -0.15) is 0 Å². The first-order chi connectivity index (χ1) is 17.9. The lowest BCUT2D eigenvalue weighted by molar-refractivity contribution is -0.356. The zero-order valence-corrected chi connectivity index (χ0v) is 20.7. The molecule has 10 N–H and O–H groups in total. The molecule has 0 aromatic rings. The van der Waals surface area contributed by atoms with Crippen molar-refractivity contribution in [1.29, 1.82) is 0 Å². The van der Waals surface area contributed by atoms with Crippen LogP contribution < -0.4 is 5.32 Å². The number of aliphatic hydroxyl groups excluding tert-OH is 9. The van der Waals surface area contributed by atoms with E-state index in [9.17, 15) is 50.8 Å². The summed E-state index contributed by atoms with van der Waals surface area (Å²) < 4.78 is 32.5. The highest BCUT2D eigenvalue weighted by atomic mass is 16.7. The van der Waals surface area contributed by atoms with Gasteiger partial charge in [0, 0.05) is 14.0 Å². The zero-order valence-electron chi connectivity index (χ0n) is 20.7.